The number of H-pyrrole nitrogens is 1. The van der Waals surface area contributed by atoms with Crippen molar-refractivity contribution < 1.29 is 0 Å². The van der Waals surface area contributed by atoms with Crippen LogP contribution in [0.2, 0.25) is 5.02 Å². The third kappa shape index (κ3) is 2.84. The smallest absolute Gasteiger partial charge is 0.162 e. The minimum Gasteiger partial charge on any atom is -0.369 e. The molecule has 1 saturated heterocycles. The molecule has 1 N–H and O–H groups in total. The van der Waals surface area contributed by atoms with E-state index >= 15 is 0 Å². The molecule has 5 rings (SSSR count). The molecule has 1 fully saturated rings. The van der Waals surface area contributed by atoms with Crippen LogP contribution in [-0.2, 0) is 7.05 Å². The Labute approximate surface area is 168 Å². The molecule has 4 aromatic rings. The molecule has 0 radical (unpaired) electrons. The Bertz CT molecular complexity index is 1150. The Morgan fingerprint density at radius 1 is 1.07 bits per heavy atom. The summed E-state index contributed by atoms with van der Waals surface area (Å²) in [5, 5.41) is 9.30. The molecule has 1 aliphatic heterocycles. The summed E-state index contributed by atoms with van der Waals surface area (Å²) in [6.07, 6.45) is 0. The second kappa shape index (κ2) is 6.79. The van der Waals surface area contributed by atoms with Gasteiger partial charge >= 0.3 is 0 Å². The van der Waals surface area contributed by atoms with Crippen LogP contribution < -0.4 is 4.90 Å². The first-order chi connectivity index (χ1) is 13.6. The first-order valence-electron chi connectivity index (χ1n) is 9.72. The maximum Gasteiger partial charge on any atom is 0.162 e. The number of likely N-dealkylation sites (N-methyl/N-ethyl adjacent to an activating group) is 1. The predicted octanol–water partition coefficient (Wildman–Crippen LogP) is 3.91. The van der Waals surface area contributed by atoms with E-state index < -0.39 is 0 Å². The molecule has 0 saturated carbocycles. The van der Waals surface area contributed by atoms with Crippen molar-refractivity contribution >= 4 is 39.2 Å². The van der Waals surface area contributed by atoms with Crippen LogP contribution in [0.3, 0.4) is 0 Å². The minimum atomic E-state index is 0.695. The van der Waals surface area contributed by atoms with Gasteiger partial charge in [-0.05, 0) is 42.9 Å². The van der Waals surface area contributed by atoms with Crippen LogP contribution in [0.1, 0.15) is 6.92 Å². The lowest BCUT2D eigenvalue weighted by molar-refractivity contribution is 0.271. The SMILES string of the molecule is CCN1CCN(c2ccc3nc(-c4n[nH]c5cc(Cl)ccc45)n(C)c3c2)CC1. The van der Waals surface area contributed by atoms with Crippen molar-refractivity contribution in [3.8, 4) is 11.5 Å². The van der Waals surface area contributed by atoms with Crippen LogP contribution in [0.5, 0.6) is 0 Å². The van der Waals surface area contributed by atoms with E-state index in [1.165, 1.54) is 5.69 Å². The number of fused-ring (bicyclic) bond motifs is 2. The van der Waals surface area contributed by atoms with E-state index in [0.29, 0.717) is 5.02 Å². The van der Waals surface area contributed by atoms with Crippen molar-refractivity contribution in [2.45, 2.75) is 6.92 Å². The van der Waals surface area contributed by atoms with E-state index in [2.05, 4.69) is 56.7 Å². The Morgan fingerprint density at radius 3 is 2.68 bits per heavy atom. The average Bonchev–Trinajstić information content (AvgIpc) is 3.28. The van der Waals surface area contributed by atoms with Crippen molar-refractivity contribution in [1.82, 2.24) is 24.6 Å². The number of nitrogens with one attached hydrogen (secondary N) is 1. The number of nitrogens with zero attached hydrogens (tertiary/aromatic N) is 5. The maximum atomic E-state index is 6.10. The van der Waals surface area contributed by atoms with Gasteiger partial charge in [-0.3, -0.25) is 5.10 Å². The molecule has 1 aliphatic rings. The molecule has 2 aromatic heterocycles. The number of halogens is 1. The zero-order chi connectivity index (χ0) is 19.3. The van der Waals surface area contributed by atoms with Crippen LogP contribution in [-0.4, -0.2) is 57.4 Å². The highest BCUT2D eigenvalue weighted by Gasteiger charge is 2.19. The van der Waals surface area contributed by atoms with Gasteiger partial charge in [-0.2, -0.15) is 5.10 Å². The molecule has 0 unspecified atom stereocenters. The molecule has 7 heteroatoms. The first-order valence-corrected chi connectivity index (χ1v) is 10.1. The topological polar surface area (TPSA) is 53.0 Å². The highest BCUT2D eigenvalue weighted by Crippen LogP contribution is 2.31. The van der Waals surface area contributed by atoms with Gasteiger partial charge in [0.05, 0.1) is 16.6 Å². The van der Waals surface area contributed by atoms with Crippen LogP contribution in [0.15, 0.2) is 36.4 Å². The number of aromatic nitrogens is 4. The molecule has 0 atom stereocenters. The lowest BCUT2D eigenvalue weighted by Gasteiger charge is -2.35. The standard InChI is InChI=1S/C21H23ClN6/c1-3-27-8-10-28(11-9-27)15-5-7-17-19(13-15)26(2)21(23-17)20-16-6-4-14(22)12-18(16)24-25-20/h4-7,12-13H,3,8-11H2,1-2H3,(H,24,25). The predicted molar refractivity (Wildman–Crippen MR) is 115 cm³/mol. The van der Waals surface area contributed by atoms with E-state index in [1.54, 1.807) is 0 Å². The lowest BCUT2D eigenvalue weighted by atomic mass is 10.2. The van der Waals surface area contributed by atoms with Gasteiger partial charge in [0.15, 0.2) is 5.82 Å². The third-order valence-corrected chi connectivity index (χ3v) is 6.02. The Kier molecular flexibility index (Phi) is 4.25. The normalized spacial score (nSPS) is 15.8. The average molecular weight is 395 g/mol. The largest absolute Gasteiger partial charge is 0.369 e. The van der Waals surface area contributed by atoms with Gasteiger partial charge < -0.3 is 14.4 Å². The fraction of sp³-hybridized carbons (Fsp3) is 0.333. The van der Waals surface area contributed by atoms with Gasteiger partial charge in [-0.15, -0.1) is 0 Å². The summed E-state index contributed by atoms with van der Waals surface area (Å²) in [5.74, 6) is 0.858. The van der Waals surface area contributed by atoms with Crippen molar-refractivity contribution in [1.29, 1.82) is 0 Å². The Hall–Kier alpha value is -2.57. The molecule has 28 heavy (non-hydrogen) atoms. The van der Waals surface area contributed by atoms with Gasteiger partial charge in [-0.25, -0.2) is 4.98 Å². The van der Waals surface area contributed by atoms with Gasteiger partial charge in [0.25, 0.3) is 0 Å². The van der Waals surface area contributed by atoms with Crippen LogP contribution in [0.4, 0.5) is 5.69 Å². The first kappa shape index (κ1) is 17.5. The van der Waals surface area contributed by atoms with E-state index in [-0.39, 0.29) is 0 Å². The second-order valence-corrected chi connectivity index (χ2v) is 7.79. The van der Waals surface area contributed by atoms with E-state index in [0.717, 1.165) is 66.2 Å². The molecule has 0 amide bonds. The summed E-state index contributed by atoms with van der Waals surface area (Å²) in [6, 6.07) is 12.3. The number of hydrogen-bond donors (Lipinski definition) is 1. The number of aryl methyl sites for hydroxylation is 1. The molecule has 3 heterocycles. The number of piperazine rings is 1. The van der Waals surface area contributed by atoms with Crippen molar-refractivity contribution in [2.24, 2.45) is 7.05 Å². The maximum absolute atomic E-state index is 6.10. The summed E-state index contributed by atoms with van der Waals surface area (Å²) in [5.41, 5.74) is 5.14. The highest BCUT2D eigenvalue weighted by molar-refractivity contribution is 6.31. The molecule has 0 aliphatic carbocycles. The number of imidazole rings is 1. The molecular weight excluding hydrogens is 372 g/mol. The zero-order valence-electron chi connectivity index (χ0n) is 16.1. The van der Waals surface area contributed by atoms with Crippen LogP contribution in [0.25, 0.3) is 33.5 Å². The lowest BCUT2D eigenvalue weighted by Crippen LogP contribution is -2.46. The molecule has 0 spiro atoms. The fourth-order valence-electron chi connectivity index (χ4n) is 4.07. The summed E-state index contributed by atoms with van der Waals surface area (Å²) < 4.78 is 2.13. The summed E-state index contributed by atoms with van der Waals surface area (Å²) >= 11 is 6.10. The van der Waals surface area contributed by atoms with Crippen molar-refractivity contribution in [3.63, 3.8) is 0 Å². The highest BCUT2D eigenvalue weighted by atomic mass is 35.5. The monoisotopic (exact) mass is 394 g/mol. The number of rotatable bonds is 3. The number of benzene rings is 2. The van der Waals surface area contributed by atoms with Crippen LogP contribution >= 0.6 is 11.6 Å². The molecule has 0 bridgehead atoms. The quantitative estimate of drug-likeness (QED) is 0.572. The summed E-state index contributed by atoms with van der Waals surface area (Å²) in [6.45, 7) is 7.72. The number of hydrogen-bond acceptors (Lipinski definition) is 4. The minimum absolute atomic E-state index is 0.695. The molecule has 6 nitrogen and oxygen atoms in total. The van der Waals surface area contributed by atoms with Crippen molar-refractivity contribution in [3.05, 3.63) is 41.4 Å². The Balaban J connectivity index is 1.54. The van der Waals surface area contributed by atoms with E-state index in [9.17, 15) is 0 Å². The van der Waals surface area contributed by atoms with Gasteiger partial charge in [0, 0.05) is 49.3 Å². The summed E-state index contributed by atoms with van der Waals surface area (Å²) in [7, 11) is 2.06. The van der Waals surface area contributed by atoms with Gasteiger partial charge in [0.1, 0.15) is 5.69 Å². The van der Waals surface area contributed by atoms with E-state index in [1.807, 2.05) is 18.2 Å². The zero-order valence-corrected chi connectivity index (χ0v) is 16.9. The van der Waals surface area contributed by atoms with Crippen LogP contribution in [0, 0.1) is 0 Å². The molecule has 144 valence electrons. The molecular formula is C21H23ClN6. The summed E-state index contributed by atoms with van der Waals surface area (Å²) in [4.78, 5) is 9.81. The third-order valence-electron chi connectivity index (χ3n) is 5.79. The Morgan fingerprint density at radius 2 is 1.89 bits per heavy atom. The van der Waals surface area contributed by atoms with Gasteiger partial charge in [-0.1, -0.05) is 18.5 Å². The second-order valence-electron chi connectivity index (χ2n) is 7.35. The van der Waals surface area contributed by atoms with Crippen molar-refractivity contribution in [2.75, 3.05) is 37.6 Å². The van der Waals surface area contributed by atoms with Gasteiger partial charge in [0.2, 0.25) is 0 Å². The number of aromatic amines is 1. The molecule has 2 aromatic carbocycles. The van der Waals surface area contributed by atoms with E-state index in [4.69, 9.17) is 16.6 Å². The number of anilines is 1. The fourth-order valence-corrected chi connectivity index (χ4v) is 4.24.